The van der Waals surface area contributed by atoms with Gasteiger partial charge >= 0.3 is 11.9 Å². The number of halogens is 1. The Bertz CT molecular complexity index is 1270. The molecule has 1 atom stereocenters. The fraction of sp³-hybridized carbons (Fsp3) is 0.174. The lowest BCUT2D eigenvalue weighted by atomic mass is 10.0. The molecule has 1 aliphatic heterocycles. The smallest absolute Gasteiger partial charge is 0.308 e. The van der Waals surface area contributed by atoms with Crippen molar-refractivity contribution in [2.24, 2.45) is 4.99 Å². The van der Waals surface area contributed by atoms with Gasteiger partial charge in [-0.15, -0.1) is 0 Å². The van der Waals surface area contributed by atoms with Gasteiger partial charge < -0.3 is 9.47 Å². The first-order valence-corrected chi connectivity index (χ1v) is 10.1. The number of rotatable bonds is 5. The number of esters is 2. The van der Waals surface area contributed by atoms with Crippen LogP contribution in [0.4, 0.5) is 0 Å². The summed E-state index contributed by atoms with van der Waals surface area (Å²) in [6.07, 6.45) is 0.00322. The molecular formula is C23H18ClN3O5. The lowest BCUT2D eigenvalue weighted by Crippen LogP contribution is -2.21. The molecule has 0 aliphatic carbocycles. The normalized spacial score (nSPS) is 14.4. The maximum Gasteiger partial charge on any atom is 0.308 e. The second-order valence-electron chi connectivity index (χ2n) is 6.92. The van der Waals surface area contributed by atoms with E-state index >= 15 is 0 Å². The van der Waals surface area contributed by atoms with Crippen molar-refractivity contribution < 1.29 is 19.1 Å². The molecule has 0 amide bonds. The first kappa shape index (κ1) is 21.5. The third kappa shape index (κ3) is 4.45. The number of carbonyl (C=O) groups is 2. The molecule has 2 heterocycles. The molecule has 4 rings (SSSR count). The highest BCUT2D eigenvalue weighted by Crippen LogP contribution is 2.31. The standard InChI is InChI=1S/C23H18ClN3O5/c1-31-19(29)9-10-20(30)32-23-22-25-18(28)11-12-27(22)17-8-7-15(24)13-16(17)21(26-23)14-5-3-2-4-6-14/h2-8,11-13,23H,9-10H2,1H3. The predicted octanol–water partition coefficient (Wildman–Crippen LogP) is 3.23. The first-order chi connectivity index (χ1) is 15.5. The van der Waals surface area contributed by atoms with Gasteiger partial charge in [-0.1, -0.05) is 41.9 Å². The van der Waals surface area contributed by atoms with Crippen molar-refractivity contribution in [1.82, 2.24) is 9.55 Å². The second kappa shape index (κ2) is 9.15. The minimum Gasteiger partial charge on any atom is -0.469 e. The van der Waals surface area contributed by atoms with Crippen molar-refractivity contribution in [3.63, 3.8) is 0 Å². The van der Waals surface area contributed by atoms with Crippen LogP contribution in [0.2, 0.25) is 5.02 Å². The van der Waals surface area contributed by atoms with Crippen molar-refractivity contribution in [2.75, 3.05) is 7.11 Å². The maximum atomic E-state index is 12.5. The maximum absolute atomic E-state index is 12.5. The van der Waals surface area contributed by atoms with Crippen molar-refractivity contribution in [1.29, 1.82) is 0 Å². The minimum absolute atomic E-state index is 0.137. The molecular weight excluding hydrogens is 434 g/mol. The Labute approximate surface area is 188 Å². The van der Waals surface area contributed by atoms with Gasteiger partial charge in [0.2, 0.25) is 0 Å². The van der Waals surface area contributed by atoms with Gasteiger partial charge in [0, 0.05) is 28.4 Å². The van der Waals surface area contributed by atoms with Crippen LogP contribution in [-0.2, 0) is 19.1 Å². The molecule has 0 radical (unpaired) electrons. The van der Waals surface area contributed by atoms with E-state index in [9.17, 15) is 14.4 Å². The summed E-state index contributed by atoms with van der Waals surface area (Å²) in [4.78, 5) is 44.7. The molecule has 9 heteroatoms. The van der Waals surface area contributed by atoms with Crippen molar-refractivity contribution in [2.45, 2.75) is 19.1 Å². The number of fused-ring (bicyclic) bond motifs is 3. The van der Waals surface area contributed by atoms with E-state index in [1.165, 1.54) is 13.2 Å². The van der Waals surface area contributed by atoms with Gasteiger partial charge in [0.05, 0.1) is 31.4 Å². The fourth-order valence-electron chi connectivity index (χ4n) is 3.34. The van der Waals surface area contributed by atoms with Crippen LogP contribution < -0.4 is 5.56 Å². The SMILES string of the molecule is COC(=O)CCC(=O)OC1N=C(c2ccccc2)c2cc(Cl)ccc2-n2ccc(=O)nc21. The molecule has 1 unspecified atom stereocenters. The Morgan fingerprint density at radius 2 is 1.81 bits per heavy atom. The summed E-state index contributed by atoms with van der Waals surface area (Å²) in [5.74, 6) is -1.07. The first-order valence-electron chi connectivity index (χ1n) is 9.75. The number of hydrogen-bond donors (Lipinski definition) is 0. The highest BCUT2D eigenvalue weighted by molar-refractivity contribution is 6.31. The Morgan fingerprint density at radius 3 is 2.56 bits per heavy atom. The van der Waals surface area contributed by atoms with E-state index in [4.69, 9.17) is 16.3 Å². The molecule has 8 nitrogen and oxygen atoms in total. The summed E-state index contributed by atoms with van der Waals surface area (Å²) >= 11 is 6.28. The van der Waals surface area contributed by atoms with Crippen molar-refractivity contribution in [3.05, 3.63) is 93.1 Å². The number of aliphatic imine (C=N–C) groups is 1. The molecule has 3 aromatic rings. The largest absolute Gasteiger partial charge is 0.469 e. The summed E-state index contributed by atoms with van der Waals surface area (Å²) < 4.78 is 11.8. The zero-order chi connectivity index (χ0) is 22.7. The summed E-state index contributed by atoms with van der Waals surface area (Å²) in [6, 6.07) is 15.9. The molecule has 32 heavy (non-hydrogen) atoms. The number of hydrogen-bond acceptors (Lipinski definition) is 7. The third-order valence-corrected chi connectivity index (χ3v) is 5.06. The summed E-state index contributed by atoms with van der Waals surface area (Å²) in [5, 5.41) is 0.497. The van der Waals surface area contributed by atoms with Crippen LogP contribution in [0.15, 0.2) is 70.6 Å². The zero-order valence-electron chi connectivity index (χ0n) is 17.0. The monoisotopic (exact) mass is 451 g/mol. The van der Waals surface area contributed by atoms with Gasteiger partial charge in [0.15, 0.2) is 5.82 Å². The van der Waals surface area contributed by atoms with Crippen LogP contribution in [-0.4, -0.2) is 34.3 Å². The van der Waals surface area contributed by atoms with Crippen LogP contribution in [0.3, 0.4) is 0 Å². The molecule has 0 saturated heterocycles. The van der Waals surface area contributed by atoms with E-state index in [0.717, 1.165) is 5.56 Å². The molecule has 0 bridgehead atoms. The summed E-state index contributed by atoms with van der Waals surface area (Å²) in [5.41, 5.74) is 2.14. The molecule has 0 saturated carbocycles. The Balaban J connectivity index is 1.86. The molecule has 1 aromatic heterocycles. The average molecular weight is 452 g/mol. The number of ether oxygens (including phenoxy) is 2. The highest BCUT2D eigenvalue weighted by atomic mass is 35.5. The molecule has 162 valence electrons. The van der Waals surface area contributed by atoms with Gasteiger partial charge in [-0.3, -0.25) is 19.0 Å². The Morgan fingerprint density at radius 1 is 1.06 bits per heavy atom. The fourth-order valence-corrected chi connectivity index (χ4v) is 3.52. The number of methoxy groups -OCH3 is 1. The zero-order valence-corrected chi connectivity index (χ0v) is 17.8. The van der Waals surface area contributed by atoms with Gasteiger partial charge in [0.25, 0.3) is 11.8 Å². The topological polar surface area (TPSA) is 99.9 Å². The highest BCUT2D eigenvalue weighted by Gasteiger charge is 2.28. The second-order valence-corrected chi connectivity index (χ2v) is 7.35. The van der Waals surface area contributed by atoms with Crippen LogP contribution in [0.1, 0.15) is 36.0 Å². The molecule has 0 fully saturated rings. The van der Waals surface area contributed by atoms with E-state index in [2.05, 4.69) is 14.7 Å². The van der Waals surface area contributed by atoms with Crippen molar-refractivity contribution in [3.8, 4) is 5.69 Å². The molecule has 1 aliphatic rings. The van der Waals surface area contributed by atoms with Gasteiger partial charge in [0.1, 0.15) is 0 Å². The van der Waals surface area contributed by atoms with Gasteiger partial charge in [-0.25, -0.2) is 4.99 Å². The van der Waals surface area contributed by atoms with Crippen LogP contribution in [0, 0.1) is 0 Å². The van der Waals surface area contributed by atoms with E-state index in [1.54, 1.807) is 29.0 Å². The molecule has 0 spiro atoms. The van der Waals surface area contributed by atoms with E-state index in [1.807, 2.05) is 30.3 Å². The molecule has 0 N–H and O–H groups in total. The Kier molecular flexibility index (Phi) is 6.13. The summed E-state index contributed by atoms with van der Waals surface area (Å²) in [6.45, 7) is 0. The lowest BCUT2D eigenvalue weighted by Gasteiger charge is -2.16. The average Bonchev–Trinajstić information content (AvgIpc) is 2.92. The van der Waals surface area contributed by atoms with Gasteiger partial charge in [-0.2, -0.15) is 4.98 Å². The number of carbonyl (C=O) groups excluding carboxylic acids is 2. The van der Waals surface area contributed by atoms with Crippen molar-refractivity contribution >= 4 is 29.3 Å². The van der Waals surface area contributed by atoms with Gasteiger partial charge in [-0.05, 0) is 18.2 Å². The predicted molar refractivity (Wildman–Crippen MR) is 117 cm³/mol. The number of aromatic nitrogens is 2. The lowest BCUT2D eigenvalue weighted by molar-refractivity contribution is -0.153. The summed E-state index contributed by atoms with van der Waals surface area (Å²) in [7, 11) is 1.24. The minimum atomic E-state index is -1.21. The van der Waals surface area contributed by atoms with E-state index in [-0.39, 0.29) is 18.7 Å². The Hall–Kier alpha value is -3.78. The number of nitrogens with zero attached hydrogens (tertiary/aromatic N) is 3. The number of benzene rings is 2. The van der Waals surface area contributed by atoms with E-state index < -0.39 is 23.7 Å². The quantitative estimate of drug-likeness (QED) is 0.552. The van der Waals surface area contributed by atoms with Crippen LogP contribution >= 0.6 is 11.6 Å². The van der Waals surface area contributed by atoms with Crippen LogP contribution in [0.5, 0.6) is 0 Å². The molecule has 2 aromatic carbocycles. The van der Waals surface area contributed by atoms with E-state index in [0.29, 0.717) is 22.0 Å². The van der Waals surface area contributed by atoms with Crippen LogP contribution in [0.25, 0.3) is 5.69 Å². The third-order valence-electron chi connectivity index (χ3n) is 4.83.